The fraction of sp³-hybridized carbons (Fsp3) is 0.907. The number of rotatable bonds is 66. The van der Waals surface area contributed by atoms with Gasteiger partial charge in [0.05, 0.1) is 25.4 Å². The van der Waals surface area contributed by atoms with Crippen molar-refractivity contribution < 1.29 is 39.8 Å². The Kier molecular flexibility index (Phi) is 61.7. The molecule has 0 spiro atoms. The predicted octanol–water partition coefficient (Wildman–Crippen LogP) is 20.6. The molecule has 9 nitrogen and oxygen atoms in total. The van der Waals surface area contributed by atoms with E-state index in [0.29, 0.717) is 12.8 Å². The zero-order valence-corrected chi connectivity index (χ0v) is 55.7. The molecule has 0 aromatic rings. The van der Waals surface area contributed by atoms with Crippen LogP contribution in [0.25, 0.3) is 0 Å². The van der Waals surface area contributed by atoms with E-state index in [1.54, 1.807) is 0 Å². The Morgan fingerprint density at radius 2 is 0.702 bits per heavy atom. The highest BCUT2D eigenvalue weighted by molar-refractivity contribution is 5.76. The molecule has 0 bridgehead atoms. The lowest BCUT2D eigenvalue weighted by molar-refractivity contribution is -0.302. The number of allylic oxidation sites excluding steroid dienone is 6. The quantitative estimate of drug-likeness (QED) is 0.0261. The lowest BCUT2D eigenvalue weighted by Crippen LogP contribution is -2.60. The molecule has 0 radical (unpaired) electrons. The second-order valence-corrected chi connectivity index (χ2v) is 26.1. The largest absolute Gasteiger partial charge is 0.394 e. The third kappa shape index (κ3) is 52.4. The third-order valence-corrected chi connectivity index (χ3v) is 18.0. The van der Waals surface area contributed by atoms with E-state index < -0.39 is 49.5 Å². The number of carbonyl (C=O) groups is 1. The van der Waals surface area contributed by atoms with Crippen LogP contribution < -0.4 is 5.32 Å². The normalized spacial score (nSPS) is 18.3. The molecule has 1 amide bonds. The minimum absolute atomic E-state index is 0.133. The summed E-state index contributed by atoms with van der Waals surface area (Å²) in [6.07, 6.45) is 79.4. The summed E-state index contributed by atoms with van der Waals surface area (Å²) >= 11 is 0. The number of aliphatic hydroxyl groups is 5. The van der Waals surface area contributed by atoms with Crippen molar-refractivity contribution in [2.45, 2.75) is 423 Å². The van der Waals surface area contributed by atoms with Crippen molar-refractivity contribution >= 4 is 5.91 Å². The molecule has 1 fully saturated rings. The predicted molar refractivity (Wildman–Crippen MR) is 360 cm³/mol. The first-order chi connectivity index (χ1) is 41.3. The summed E-state index contributed by atoms with van der Waals surface area (Å²) in [5.41, 5.74) is 0. The number of ether oxygens (including phenoxy) is 2. The fourth-order valence-corrected chi connectivity index (χ4v) is 12.2. The van der Waals surface area contributed by atoms with Gasteiger partial charge in [0.15, 0.2) is 6.29 Å². The Morgan fingerprint density at radius 1 is 0.405 bits per heavy atom. The first kappa shape index (κ1) is 80.4. The third-order valence-electron chi connectivity index (χ3n) is 18.0. The van der Waals surface area contributed by atoms with Crippen LogP contribution in [0.5, 0.6) is 0 Å². The summed E-state index contributed by atoms with van der Waals surface area (Å²) in [6.45, 7) is 3.88. The lowest BCUT2D eigenvalue weighted by Gasteiger charge is -2.40. The van der Waals surface area contributed by atoms with Crippen LogP contribution in [0.4, 0.5) is 0 Å². The molecule has 0 saturated carbocycles. The van der Waals surface area contributed by atoms with Gasteiger partial charge in [0, 0.05) is 6.42 Å². The molecule has 1 saturated heterocycles. The van der Waals surface area contributed by atoms with Crippen LogP contribution in [0.15, 0.2) is 36.5 Å². The van der Waals surface area contributed by atoms with E-state index in [0.717, 1.165) is 51.4 Å². The maximum absolute atomic E-state index is 13.2. The van der Waals surface area contributed by atoms with Crippen LogP contribution in [-0.4, -0.2) is 87.5 Å². The van der Waals surface area contributed by atoms with Crippen molar-refractivity contribution in [3.05, 3.63) is 36.5 Å². The lowest BCUT2D eigenvalue weighted by atomic mass is 9.99. The van der Waals surface area contributed by atoms with E-state index in [2.05, 4.69) is 55.6 Å². The summed E-state index contributed by atoms with van der Waals surface area (Å²) in [7, 11) is 0. The van der Waals surface area contributed by atoms with E-state index in [4.69, 9.17) is 9.47 Å². The first-order valence-electron chi connectivity index (χ1n) is 37.2. The standard InChI is InChI=1S/C75H143NO8/c1-3-5-7-9-11-13-15-17-19-21-23-25-27-29-31-32-33-34-35-36-37-38-39-41-43-45-47-49-51-53-55-57-59-61-63-65-71(79)76-68(67-83-75-74(82)73(81)72(80)70(66-77)84-75)69(78)64-62-60-58-56-54-52-50-48-46-44-42-40-30-28-26-24-22-20-18-16-14-12-10-8-6-4-2/h15,17,21,23,27,29,68-70,72-75,77-78,80-82H,3-14,16,18-20,22,24-26,28,30-67H2,1-2H3,(H,76,79)/b17-15-,23-21-,29-27-. The molecule has 7 unspecified atom stereocenters. The minimum atomic E-state index is -1.55. The molecular formula is C75H143NO8. The highest BCUT2D eigenvalue weighted by Gasteiger charge is 2.44. The van der Waals surface area contributed by atoms with Gasteiger partial charge in [0.1, 0.15) is 24.4 Å². The Morgan fingerprint density at radius 3 is 1.04 bits per heavy atom. The minimum Gasteiger partial charge on any atom is -0.394 e. The number of hydrogen-bond acceptors (Lipinski definition) is 8. The number of amides is 1. The van der Waals surface area contributed by atoms with Gasteiger partial charge < -0.3 is 40.3 Å². The van der Waals surface area contributed by atoms with Gasteiger partial charge in [-0.25, -0.2) is 0 Å². The Bertz CT molecular complexity index is 1420. The van der Waals surface area contributed by atoms with Gasteiger partial charge >= 0.3 is 0 Å². The van der Waals surface area contributed by atoms with Crippen LogP contribution in [0.3, 0.4) is 0 Å². The van der Waals surface area contributed by atoms with E-state index in [-0.39, 0.29) is 12.5 Å². The fourth-order valence-electron chi connectivity index (χ4n) is 12.2. The zero-order chi connectivity index (χ0) is 60.7. The van der Waals surface area contributed by atoms with Gasteiger partial charge in [-0.3, -0.25) is 4.79 Å². The molecule has 0 aliphatic carbocycles. The number of carbonyl (C=O) groups excluding carboxylic acids is 1. The molecule has 496 valence electrons. The van der Waals surface area contributed by atoms with E-state index in [1.165, 1.54) is 302 Å². The summed E-state index contributed by atoms with van der Waals surface area (Å²) in [5, 5.41) is 55.0. The van der Waals surface area contributed by atoms with Crippen LogP contribution in [0.1, 0.15) is 380 Å². The van der Waals surface area contributed by atoms with Crippen LogP contribution >= 0.6 is 0 Å². The SMILES string of the molecule is CCCCCCC/C=C\C/C=C\C/C=C\CCCCCCCCCCCCCCCCCCCCCCC(=O)NC(COC1OC(CO)C(O)C(O)C1O)C(O)CCCCCCCCCCCCCCCCCCCCCCCCCCCC. The summed E-state index contributed by atoms with van der Waals surface area (Å²) in [5.74, 6) is -0.136. The molecule has 1 aliphatic rings. The van der Waals surface area contributed by atoms with Gasteiger partial charge in [0.25, 0.3) is 0 Å². The molecule has 9 heteroatoms. The molecule has 1 heterocycles. The Labute approximate surface area is 521 Å². The summed E-state index contributed by atoms with van der Waals surface area (Å²) < 4.78 is 11.4. The Hall–Kier alpha value is -1.59. The molecule has 1 rings (SSSR count). The molecule has 0 aromatic heterocycles. The van der Waals surface area contributed by atoms with Crippen LogP contribution in [0, 0.1) is 0 Å². The maximum atomic E-state index is 13.2. The average molecular weight is 1190 g/mol. The summed E-state index contributed by atoms with van der Waals surface area (Å²) in [6, 6.07) is -0.719. The molecule has 7 atom stereocenters. The second kappa shape index (κ2) is 64.4. The van der Waals surface area contributed by atoms with Crippen molar-refractivity contribution in [1.82, 2.24) is 5.32 Å². The van der Waals surface area contributed by atoms with Gasteiger partial charge in [-0.1, -0.05) is 359 Å². The van der Waals surface area contributed by atoms with Crippen molar-refractivity contribution in [3.63, 3.8) is 0 Å². The Balaban J connectivity index is 2.07. The van der Waals surface area contributed by atoms with Crippen molar-refractivity contribution in [1.29, 1.82) is 0 Å². The van der Waals surface area contributed by atoms with Crippen LogP contribution in [-0.2, 0) is 14.3 Å². The van der Waals surface area contributed by atoms with Crippen molar-refractivity contribution in [3.8, 4) is 0 Å². The second-order valence-electron chi connectivity index (χ2n) is 26.1. The number of hydrogen-bond donors (Lipinski definition) is 6. The van der Waals surface area contributed by atoms with E-state index in [9.17, 15) is 30.3 Å². The van der Waals surface area contributed by atoms with Gasteiger partial charge in [-0.2, -0.15) is 0 Å². The van der Waals surface area contributed by atoms with Crippen molar-refractivity contribution in [2.24, 2.45) is 0 Å². The number of aliphatic hydroxyl groups excluding tert-OH is 5. The number of unbranched alkanes of at least 4 members (excludes halogenated alkanes) is 50. The van der Waals surface area contributed by atoms with Gasteiger partial charge in [-0.05, 0) is 51.4 Å². The molecule has 6 N–H and O–H groups in total. The smallest absolute Gasteiger partial charge is 0.220 e. The maximum Gasteiger partial charge on any atom is 0.220 e. The van der Waals surface area contributed by atoms with Gasteiger partial charge in [-0.15, -0.1) is 0 Å². The average Bonchev–Trinajstić information content (AvgIpc) is 3.70. The molecular weight excluding hydrogens is 1040 g/mol. The highest BCUT2D eigenvalue weighted by atomic mass is 16.7. The summed E-state index contributed by atoms with van der Waals surface area (Å²) in [4.78, 5) is 13.2. The zero-order valence-electron chi connectivity index (χ0n) is 55.7. The van der Waals surface area contributed by atoms with Gasteiger partial charge in [0.2, 0.25) is 5.91 Å². The van der Waals surface area contributed by atoms with E-state index in [1.807, 2.05) is 0 Å². The van der Waals surface area contributed by atoms with Crippen LogP contribution in [0.2, 0.25) is 0 Å². The number of nitrogens with one attached hydrogen (secondary N) is 1. The first-order valence-corrected chi connectivity index (χ1v) is 37.2. The topological polar surface area (TPSA) is 149 Å². The monoisotopic (exact) mass is 1190 g/mol. The molecule has 84 heavy (non-hydrogen) atoms. The van der Waals surface area contributed by atoms with Crippen molar-refractivity contribution in [2.75, 3.05) is 13.2 Å². The molecule has 1 aliphatic heterocycles. The molecule has 0 aromatic carbocycles. The van der Waals surface area contributed by atoms with E-state index >= 15 is 0 Å². The highest BCUT2D eigenvalue weighted by Crippen LogP contribution is 2.24.